The fraction of sp³-hybridized carbons (Fsp3) is 0.381. The molecule has 0 radical (unpaired) electrons. The molecule has 0 amide bonds. The molecule has 25 heavy (non-hydrogen) atoms. The normalized spacial score (nSPS) is 17.6. The Balaban J connectivity index is 1.74. The van der Waals surface area contributed by atoms with Crippen LogP contribution < -0.4 is 4.74 Å². The molecule has 1 heterocycles. The number of hydrogen-bond acceptors (Lipinski definition) is 3. The maximum Gasteiger partial charge on any atom is 0.335 e. The molecule has 0 bridgehead atoms. The molecule has 1 saturated heterocycles. The van der Waals surface area contributed by atoms with E-state index in [1.807, 2.05) is 18.2 Å². The van der Waals surface area contributed by atoms with Crippen LogP contribution >= 0.6 is 0 Å². The molecule has 2 aromatic carbocycles. The van der Waals surface area contributed by atoms with Gasteiger partial charge in [0, 0.05) is 13.1 Å². The minimum absolute atomic E-state index is 0.284. The van der Waals surface area contributed by atoms with Crippen LogP contribution in [0.15, 0.2) is 36.4 Å². The predicted molar refractivity (Wildman–Crippen MR) is 98.5 cm³/mol. The molecular weight excluding hydrogens is 314 g/mol. The summed E-state index contributed by atoms with van der Waals surface area (Å²) in [5, 5.41) is 9.42. The number of carboxylic acid groups (broad SMARTS) is 1. The van der Waals surface area contributed by atoms with E-state index in [0.29, 0.717) is 5.56 Å². The highest BCUT2D eigenvalue weighted by molar-refractivity contribution is 5.89. The number of benzene rings is 2. The number of aromatic carboxylic acids is 1. The Bertz CT molecular complexity index is 785. The number of nitrogens with zero attached hydrogens (tertiary/aromatic N) is 1. The molecule has 3 rings (SSSR count). The van der Waals surface area contributed by atoms with Gasteiger partial charge in [-0.1, -0.05) is 24.3 Å². The van der Waals surface area contributed by atoms with Crippen molar-refractivity contribution in [3.8, 4) is 5.75 Å². The first-order valence-electron chi connectivity index (χ1n) is 8.69. The second kappa shape index (κ2) is 7.28. The average molecular weight is 339 g/mol. The zero-order chi connectivity index (χ0) is 18.0. The number of methoxy groups -OCH3 is 1. The Labute approximate surface area is 149 Å². The maximum absolute atomic E-state index is 11.5. The molecule has 0 spiro atoms. The minimum Gasteiger partial charge on any atom is -0.496 e. The molecule has 1 aliphatic heterocycles. The van der Waals surface area contributed by atoms with Crippen molar-refractivity contribution < 1.29 is 14.6 Å². The lowest BCUT2D eigenvalue weighted by Crippen LogP contribution is -2.21. The van der Waals surface area contributed by atoms with Crippen LogP contribution in [0.5, 0.6) is 5.75 Å². The summed E-state index contributed by atoms with van der Waals surface area (Å²) < 4.78 is 5.39. The van der Waals surface area contributed by atoms with Crippen molar-refractivity contribution in [1.29, 1.82) is 0 Å². The zero-order valence-corrected chi connectivity index (χ0v) is 15.1. The van der Waals surface area contributed by atoms with Gasteiger partial charge < -0.3 is 9.84 Å². The van der Waals surface area contributed by atoms with Crippen LogP contribution in [0.4, 0.5) is 0 Å². The Morgan fingerprint density at radius 3 is 2.68 bits per heavy atom. The Hall–Kier alpha value is -2.33. The smallest absolute Gasteiger partial charge is 0.335 e. The molecule has 0 saturated carbocycles. The van der Waals surface area contributed by atoms with Crippen molar-refractivity contribution in [1.82, 2.24) is 4.90 Å². The van der Waals surface area contributed by atoms with E-state index in [1.54, 1.807) is 19.2 Å². The summed E-state index contributed by atoms with van der Waals surface area (Å²) in [6.45, 7) is 7.01. The van der Waals surface area contributed by atoms with Crippen LogP contribution in [0.3, 0.4) is 0 Å². The van der Waals surface area contributed by atoms with Gasteiger partial charge in [-0.05, 0) is 67.1 Å². The minimum atomic E-state index is -0.837. The summed E-state index contributed by atoms with van der Waals surface area (Å²) in [5.74, 6) is 0.374. The van der Waals surface area contributed by atoms with E-state index in [1.165, 1.54) is 16.7 Å². The quantitative estimate of drug-likeness (QED) is 0.894. The maximum atomic E-state index is 11.5. The third kappa shape index (κ3) is 3.54. The third-order valence-corrected chi connectivity index (χ3v) is 5.37. The highest BCUT2D eigenvalue weighted by atomic mass is 16.5. The number of hydrogen-bond donors (Lipinski definition) is 1. The number of likely N-dealkylation sites (tertiary alicyclic amines) is 1. The van der Waals surface area contributed by atoms with Gasteiger partial charge in [0.2, 0.25) is 0 Å². The van der Waals surface area contributed by atoms with Crippen molar-refractivity contribution in [2.24, 2.45) is 0 Å². The van der Waals surface area contributed by atoms with E-state index in [0.717, 1.165) is 37.4 Å². The van der Waals surface area contributed by atoms with E-state index < -0.39 is 5.97 Å². The van der Waals surface area contributed by atoms with Crippen LogP contribution in [0.1, 0.15) is 45.0 Å². The van der Waals surface area contributed by atoms with Gasteiger partial charge in [0.25, 0.3) is 0 Å². The van der Waals surface area contributed by atoms with Gasteiger partial charge in [0.05, 0.1) is 12.7 Å². The molecule has 132 valence electrons. The summed E-state index contributed by atoms with van der Waals surface area (Å²) in [7, 11) is 1.70. The number of rotatable bonds is 5. The second-order valence-corrected chi connectivity index (χ2v) is 6.79. The lowest BCUT2D eigenvalue weighted by atomic mass is 9.93. The van der Waals surface area contributed by atoms with Crippen molar-refractivity contribution in [2.75, 3.05) is 20.2 Å². The molecule has 1 N–H and O–H groups in total. The summed E-state index contributed by atoms with van der Waals surface area (Å²) >= 11 is 0. The molecule has 0 aromatic heterocycles. The fourth-order valence-electron chi connectivity index (χ4n) is 3.76. The molecule has 0 aliphatic carbocycles. The topological polar surface area (TPSA) is 49.8 Å². The lowest BCUT2D eigenvalue weighted by Gasteiger charge is -2.20. The van der Waals surface area contributed by atoms with Gasteiger partial charge in [-0.2, -0.15) is 0 Å². The van der Waals surface area contributed by atoms with Gasteiger partial charge in [-0.3, -0.25) is 4.90 Å². The SMILES string of the molecule is COc1ccc(CN2CC[C@@H](c3ccccc3C(=O)O)C2)c(C)c1C. The highest BCUT2D eigenvalue weighted by Crippen LogP contribution is 2.32. The Morgan fingerprint density at radius 1 is 1.20 bits per heavy atom. The van der Waals surface area contributed by atoms with E-state index in [4.69, 9.17) is 4.74 Å². The summed E-state index contributed by atoms with van der Waals surface area (Å²) in [4.78, 5) is 13.9. The first-order valence-corrected chi connectivity index (χ1v) is 8.69. The summed E-state index contributed by atoms with van der Waals surface area (Å²) in [5.41, 5.74) is 5.16. The summed E-state index contributed by atoms with van der Waals surface area (Å²) in [6.07, 6.45) is 0.998. The van der Waals surface area contributed by atoms with Crippen molar-refractivity contribution >= 4 is 5.97 Å². The van der Waals surface area contributed by atoms with E-state index in [2.05, 4.69) is 24.8 Å². The number of carbonyl (C=O) groups is 1. The Kier molecular flexibility index (Phi) is 5.09. The van der Waals surface area contributed by atoms with Gasteiger partial charge in [-0.25, -0.2) is 4.79 Å². The van der Waals surface area contributed by atoms with Gasteiger partial charge in [-0.15, -0.1) is 0 Å². The Morgan fingerprint density at radius 2 is 1.96 bits per heavy atom. The standard InChI is InChI=1S/C21H25NO3/c1-14-15(2)20(25-3)9-8-16(14)12-22-11-10-17(13-22)18-6-4-5-7-19(18)21(23)24/h4-9,17H,10-13H2,1-3H3,(H,23,24)/t17-/m1/s1. The van der Waals surface area contributed by atoms with Crippen molar-refractivity contribution in [3.05, 3.63) is 64.2 Å². The molecule has 1 aliphatic rings. The van der Waals surface area contributed by atoms with Crippen LogP contribution in [0.2, 0.25) is 0 Å². The van der Waals surface area contributed by atoms with E-state index >= 15 is 0 Å². The second-order valence-electron chi connectivity index (χ2n) is 6.79. The highest BCUT2D eigenvalue weighted by Gasteiger charge is 2.27. The zero-order valence-electron chi connectivity index (χ0n) is 15.1. The molecule has 0 unspecified atom stereocenters. The number of carboxylic acids is 1. The average Bonchev–Trinajstić information content (AvgIpc) is 3.07. The van der Waals surface area contributed by atoms with Crippen LogP contribution in [-0.2, 0) is 6.54 Å². The van der Waals surface area contributed by atoms with Crippen LogP contribution in [0, 0.1) is 13.8 Å². The van der Waals surface area contributed by atoms with E-state index in [9.17, 15) is 9.90 Å². The first kappa shape index (κ1) is 17.5. The van der Waals surface area contributed by atoms with E-state index in [-0.39, 0.29) is 5.92 Å². The van der Waals surface area contributed by atoms with Gasteiger partial charge in [0.1, 0.15) is 5.75 Å². The van der Waals surface area contributed by atoms with Crippen LogP contribution in [0.25, 0.3) is 0 Å². The fourth-order valence-corrected chi connectivity index (χ4v) is 3.76. The number of ether oxygens (including phenoxy) is 1. The monoisotopic (exact) mass is 339 g/mol. The van der Waals surface area contributed by atoms with Gasteiger partial charge in [0.15, 0.2) is 0 Å². The van der Waals surface area contributed by atoms with Gasteiger partial charge >= 0.3 is 5.97 Å². The summed E-state index contributed by atoms with van der Waals surface area (Å²) in [6, 6.07) is 11.6. The van der Waals surface area contributed by atoms with Crippen molar-refractivity contribution in [3.63, 3.8) is 0 Å². The third-order valence-electron chi connectivity index (χ3n) is 5.37. The molecule has 1 atom stereocenters. The molecule has 4 nitrogen and oxygen atoms in total. The lowest BCUT2D eigenvalue weighted by molar-refractivity contribution is 0.0695. The predicted octanol–water partition coefficient (Wildman–Crippen LogP) is 4.00. The molecule has 2 aromatic rings. The van der Waals surface area contributed by atoms with Crippen molar-refractivity contribution in [2.45, 2.75) is 32.7 Å². The molecule has 4 heteroatoms. The van der Waals surface area contributed by atoms with Crippen LogP contribution in [-0.4, -0.2) is 36.2 Å². The first-order chi connectivity index (χ1) is 12.0. The molecular formula is C21H25NO3. The molecule has 1 fully saturated rings. The largest absolute Gasteiger partial charge is 0.496 e.